The first-order valence-corrected chi connectivity index (χ1v) is 7.34. The number of ether oxygens (including phenoxy) is 1. The number of amides is 1. The highest BCUT2D eigenvalue weighted by Crippen LogP contribution is 2.19. The number of hydrogen-bond acceptors (Lipinski definition) is 3. The molecule has 0 bridgehead atoms. The molecule has 20 heavy (non-hydrogen) atoms. The molecule has 110 valence electrons. The topological polar surface area (TPSA) is 64.3 Å². The number of carbonyl (C=O) groups is 1. The van der Waals surface area contributed by atoms with Crippen LogP contribution in [0.1, 0.15) is 31.4 Å². The number of benzene rings is 1. The van der Waals surface area contributed by atoms with E-state index in [9.17, 15) is 4.79 Å². The van der Waals surface area contributed by atoms with E-state index in [1.54, 1.807) is 0 Å². The third kappa shape index (κ3) is 4.05. The van der Waals surface area contributed by atoms with Crippen LogP contribution in [0.25, 0.3) is 0 Å². The largest absolute Gasteiger partial charge is 0.381 e. The zero-order valence-corrected chi connectivity index (χ0v) is 12.0. The van der Waals surface area contributed by atoms with Crippen LogP contribution < -0.4 is 11.1 Å². The van der Waals surface area contributed by atoms with Crippen molar-refractivity contribution in [1.29, 1.82) is 0 Å². The van der Waals surface area contributed by atoms with Gasteiger partial charge in [-0.15, -0.1) is 0 Å². The average Bonchev–Trinajstić information content (AvgIpc) is 2.53. The summed E-state index contributed by atoms with van der Waals surface area (Å²) in [6.07, 6.45) is 2.21. The fourth-order valence-electron chi connectivity index (χ4n) is 2.50. The van der Waals surface area contributed by atoms with E-state index in [1.807, 2.05) is 37.3 Å². The molecule has 2 rings (SSSR count). The summed E-state index contributed by atoms with van der Waals surface area (Å²) in [4.78, 5) is 12.2. The monoisotopic (exact) mass is 276 g/mol. The normalized spacial score (nSPS) is 22.0. The molecule has 4 heteroatoms. The van der Waals surface area contributed by atoms with Gasteiger partial charge in [-0.1, -0.05) is 37.3 Å². The first-order chi connectivity index (χ1) is 9.68. The Bertz CT molecular complexity index is 416. The van der Waals surface area contributed by atoms with Gasteiger partial charge in [0.1, 0.15) is 0 Å². The Morgan fingerprint density at radius 1 is 1.45 bits per heavy atom. The quantitative estimate of drug-likeness (QED) is 0.863. The maximum Gasteiger partial charge on any atom is 0.224 e. The third-order valence-electron chi connectivity index (χ3n) is 3.96. The van der Waals surface area contributed by atoms with Crippen molar-refractivity contribution in [3.63, 3.8) is 0 Å². The van der Waals surface area contributed by atoms with Crippen LogP contribution in [0.2, 0.25) is 0 Å². The van der Waals surface area contributed by atoms with Crippen molar-refractivity contribution in [2.24, 2.45) is 17.6 Å². The summed E-state index contributed by atoms with van der Waals surface area (Å²) in [6, 6.07) is 9.49. The van der Waals surface area contributed by atoms with Crippen LogP contribution in [-0.4, -0.2) is 25.7 Å². The van der Waals surface area contributed by atoms with Gasteiger partial charge in [0.2, 0.25) is 5.91 Å². The summed E-state index contributed by atoms with van der Waals surface area (Å²) in [7, 11) is 0. The zero-order chi connectivity index (χ0) is 14.4. The first kappa shape index (κ1) is 15.0. The fraction of sp³-hybridized carbons (Fsp3) is 0.562. The van der Waals surface area contributed by atoms with Crippen LogP contribution in [0.4, 0.5) is 0 Å². The van der Waals surface area contributed by atoms with Crippen molar-refractivity contribution in [1.82, 2.24) is 5.32 Å². The predicted molar refractivity (Wildman–Crippen MR) is 79.1 cm³/mol. The lowest BCUT2D eigenvalue weighted by molar-refractivity contribution is -0.125. The molecule has 3 N–H and O–H groups in total. The summed E-state index contributed by atoms with van der Waals surface area (Å²) in [5.41, 5.74) is 7.16. The van der Waals surface area contributed by atoms with Gasteiger partial charge in [-0.3, -0.25) is 4.79 Å². The van der Waals surface area contributed by atoms with Crippen molar-refractivity contribution < 1.29 is 9.53 Å². The number of rotatable bonds is 5. The van der Waals surface area contributed by atoms with E-state index >= 15 is 0 Å². The highest BCUT2D eigenvalue weighted by Gasteiger charge is 2.23. The van der Waals surface area contributed by atoms with Gasteiger partial charge in [0, 0.05) is 19.2 Å². The molecule has 3 unspecified atom stereocenters. The van der Waals surface area contributed by atoms with E-state index in [4.69, 9.17) is 10.5 Å². The minimum Gasteiger partial charge on any atom is -0.381 e. The minimum absolute atomic E-state index is 0.0203. The second-order valence-electron chi connectivity index (χ2n) is 5.55. The summed E-state index contributed by atoms with van der Waals surface area (Å²) in [5.74, 6) is 0.224. The number of carbonyl (C=O) groups excluding carboxylic acids is 1. The second kappa shape index (κ2) is 7.41. The van der Waals surface area contributed by atoms with Crippen LogP contribution in [0.3, 0.4) is 0 Å². The van der Waals surface area contributed by atoms with Gasteiger partial charge in [-0.2, -0.15) is 0 Å². The van der Waals surface area contributed by atoms with Crippen molar-refractivity contribution >= 4 is 5.91 Å². The van der Waals surface area contributed by atoms with Gasteiger partial charge in [-0.25, -0.2) is 0 Å². The van der Waals surface area contributed by atoms with Gasteiger partial charge >= 0.3 is 0 Å². The molecule has 3 atom stereocenters. The maximum absolute atomic E-state index is 12.2. The third-order valence-corrected chi connectivity index (χ3v) is 3.96. The lowest BCUT2D eigenvalue weighted by Gasteiger charge is -2.24. The van der Waals surface area contributed by atoms with E-state index in [0.29, 0.717) is 12.5 Å². The minimum atomic E-state index is -0.265. The lowest BCUT2D eigenvalue weighted by Crippen LogP contribution is -2.39. The van der Waals surface area contributed by atoms with Crippen molar-refractivity contribution in [2.45, 2.75) is 25.8 Å². The Morgan fingerprint density at radius 2 is 2.20 bits per heavy atom. The zero-order valence-electron chi connectivity index (χ0n) is 12.0. The number of nitrogens with two attached hydrogens (primary N) is 1. The van der Waals surface area contributed by atoms with E-state index in [1.165, 1.54) is 0 Å². The molecule has 4 nitrogen and oxygen atoms in total. The first-order valence-electron chi connectivity index (χ1n) is 7.34. The van der Waals surface area contributed by atoms with Crippen LogP contribution >= 0.6 is 0 Å². The SMILES string of the molecule is CC(C(=O)NCC1CCCOC1)C(N)c1ccccc1. The molecule has 0 radical (unpaired) electrons. The molecule has 0 spiro atoms. The molecule has 1 aliphatic heterocycles. The summed E-state index contributed by atoms with van der Waals surface area (Å²) in [5, 5.41) is 3.00. The van der Waals surface area contributed by atoms with Crippen LogP contribution in [0, 0.1) is 11.8 Å². The Kier molecular flexibility index (Phi) is 5.56. The van der Waals surface area contributed by atoms with E-state index in [2.05, 4.69) is 5.32 Å². The van der Waals surface area contributed by atoms with Crippen LogP contribution in [0.15, 0.2) is 30.3 Å². The van der Waals surface area contributed by atoms with Crippen LogP contribution in [0.5, 0.6) is 0 Å². The van der Waals surface area contributed by atoms with Gasteiger partial charge in [-0.05, 0) is 24.3 Å². The molecule has 1 heterocycles. The van der Waals surface area contributed by atoms with Gasteiger partial charge < -0.3 is 15.8 Å². The molecule has 0 saturated carbocycles. The number of hydrogen-bond donors (Lipinski definition) is 2. The van der Waals surface area contributed by atoms with Crippen molar-refractivity contribution in [2.75, 3.05) is 19.8 Å². The summed E-state index contributed by atoms with van der Waals surface area (Å²) >= 11 is 0. The van der Waals surface area contributed by atoms with E-state index < -0.39 is 0 Å². The summed E-state index contributed by atoms with van der Waals surface area (Å²) in [6.45, 7) is 4.16. The average molecular weight is 276 g/mol. The Labute approximate surface area is 120 Å². The number of nitrogens with one attached hydrogen (secondary N) is 1. The smallest absolute Gasteiger partial charge is 0.224 e. The Morgan fingerprint density at radius 3 is 2.85 bits per heavy atom. The molecule has 1 aromatic rings. The lowest BCUT2D eigenvalue weighted by atomic mass is 9.94. The predicted octanol–water partition coefficient (Wildman–Crippen LogP) is 1.87. The Balaban J connectivity index is 1.82. The molecule has 1 aliphatic rings. The standard InChI is InChI=1S/C16H24N2O2/c1-12(15(17)14-7-3-2-4-8-14)16(19)18-10-13-6-5-9-20-11-13/h2-4,7-8,12-13,15H,5-6,9-11,17H2,1H3,(H,18,19). The van der Waals surface area contributed by atoms with Crippen LogP contribution in [-0.2, 0) is 9.53 Å². The Hall–Kier alpha value is -1.39. The molecule has 1 amide bonds. The highest BCUT2D eigenvalue weighted by atomic mass is 16.5. The van der Waals surface area contributed by atoms with Gasteiger partial charge in [0.05, 0.1) is 12.5 Å². The second-order valence-corrected chi connectivity index (χ2v) is 5.55. The molecular formula is C16H24N2O2. The maximum atomic E-state index is 12.2. The summed E-state index contributed by atoms with van der Waals surface area (Å²) < 4.78 is 5.42. The molecule has 0 aliphatic carbocycles. The molecule has 1 saturated heterocycles. The van der Waals surface area contributed by atoms with Gasteiger partial charge in [0.25, 0.3) is 0 Å². The van der Waals surface area contributed by atoms with Crippen molar-refractivity contribution in [3.8, 4) is 0 Å². The molecule has 1 fully saturated rings. The molecule has 0 aromatic heterocycles. The van der Waals surface area contributed by atoms with E-state index in [-0.39, 0.29) is 17.9 Å². The molecule has 1 aromatic carbocycles. The molecular weight excluding hydrogens is 252 g/mol. The van der Waals surface area contributed by atoms with E-state index in [0.717, 1.165) is 31.6 Å². The fourth-order valence-corrected chi connectivity index (χ4v) is 2.50. The van der Waals surface area contributed by atoms with Gasteiger partial charge in [0.15, 0.2) is 0 Å². The van der Waals surface area contributed by atoms with Crippen molar-refractivity contribution in [3.05, 3.63) is 35.9 Å². The highest BCUT2D eigenvalue weighted by molar-refractivity contribution is 5.79.